The summed E-state index contributed by atoms with van der Waals surface area (Å²) >= 11 is 1.68. The van der Waals surface area contributed by atoms with Gasteiger partial charge in [-0.15, -0.1) is 0 Å². The van der Waals surface area contributed by atoms with E-state index in [4.69, 9.17) is 4.42 Å². The summed E-state index contributed by atoms with van der Waals surface area (Å²) in [6, 6.07) is 10.1. The molecule has 0 N–H and O–H groups in total. The van der Waals surface area contributed by atoms with Crippen LogP contribution in [0.5, 0.6) is 0 Å². The van der Waals surface area contributed by atoms with E-state index in [0.717, 1.165) is 22.3 Å². The molecule has 16 heavy (non-hydrogen) atoms. The topological polar surface area (TPSA) is 26.0 Å². The molecule has 0 atom stereocenters. The summed E-state index contributed by atoms with van der Waals surface area (Å²) in [5, 5.41) is 0.771. The van der Waals surface area contributed by atoms with Crippen molar-refractivity contribution in [3.63, 3.8) is 0 Å². The molecule has 3 heteroatoms. The van der Waals surface area contributed by atoms with E-state index < -0.39 is 0 Å². The Labute approximate surface area is 100 Å². The van der Waals surface area contributed by atoms with Crippen molar-refractivity contribution >= 4 is 11.8 Å². The third-order valence-corrected chi connectivity index (χ3v) is 3.19. The van der Waals surface area contributed by atoms with Crippen molar-refractivity contribution in [1.82, 2.24) is 4.98 Å². The van der Waals surface area contributed by atoms with Gasteiger partial charge in [0, 0.05) is 11.3 Å². The molecule has 0 aliphatic rings. The molecule has 0 spiro atoms. The molecule has 0 saturated carbocycles. The molecular formula is C13H15NOS. The first-order valence-corrected chi connectivity index (χ1v) is 6.52. The Morgan fingerprint density at radius 2 is 2.06 bits per heavy atom. The highest BCUT2D eigenvalue weighted by Crippen LogP contribution is 2.25. The summed E-state index contributed by atoms with van der Waals surface area (Å²) in [4.78, 5) is 4.26. The number of oxazole rings is 1. The number of hydrogen-bond donors (Lipinski definition) is 0. The van der Waals surface area contributed by atoms with Crippen LogP contribution >= 0.6 is 11.8 Å². The lowest BCUT2D eigenvalue weighted by Crippen LogP contribution is -1.76. The van der Waals surface area contributed by atoms with Crippen LogP contribution in [0.3, 0.4) is 0 Å². The summed E-state index contributed by atoms with van der Waals surface area (Å²) in [6.07, 6.45) is 4.20. The zero-order valence-electron chi connectivity index (χ0n) is 9.35. The molecule has 0 radical (unpaired) electrons. The van der Waals surface area contributed by atoms with E-state index in [0.29, 0.717) is 0 Å². The number of benzene rings is 1. The molecule has 0 saturated heterocycles. The van der Waals surface area contributed by atoms with Crippen LogP contribution in [0.4, 0.5) is 0 Å². The lowest BCUT2D eigenvalue weighted by molar-refractivity contribution is 0.466. The summed E-state index contributed by atoms with van der Waals surface area (Å²) < 4.78 is 5.67. The summed E-state index contributed by atoms with van der Waals surface area (Å²) in [7, 11) is 0. The van der Waals surface area contributed by atoms with Crippen LogP contribution in [0.1, 0.15) is 19.8 Å². The monoisotopic (exact) mass is 233 g/mol. The lowest BCUT2D eigenvalue weighted by Gasteiger charge is -1.95. The van der Waals surface area contributed by atoms with Gasteiger partial charge >= 0.3 is 0 Å². The summed E-state index contributed by atoms with van der Waals surface area (Å²) in [5.74, 6) is 1.92. The standard InChI is InChI=1S/C13H15NOS/c1-2-3-9-16-13-14-10-12(15-13)11-7-5-4-6-8-11/h4-8,10H,2-3,9H2,1H3. The third-order valence-electron chi connectivity index (χ3n) is 2.27. The SMILES string of the molecule is CCCCSc1ncc(-c2ccccc2)o1. The van der Waals surface area contributed by atoms with Crippen molar-refractivity contribution in [1.29, 1.82) is 0 Å². The van der Waals surface area contributed by atoms with Gasteiger partial charge in [-0.3, -0.25) is 0 Å². The van der Waals surface area contributed by atoms with Crippen molar-refractivity contribution in [3.8, 4) is 11.3 Å². The molecule has 0 amide bonds. The van der Waals surface area contributed by atoms with Crippen LogP contribution in [-0.4, -0.2) is 10.7 Å². The van der Waals surface area contributed by atoms with Crippen LogP contribution in [0.25, 0.3) is 11.3 Å². The van der Waals surface area contributed by atoms with Crippen molar-refractivity contribution in [2.24, 2.45) is 0 Å². The number of nitrogens with zero attached hydrogens (tertiary/aromatic N) is 1. The van der Waals surface area contributed by atoms with Crippen LogP contribution < -0.4 is 0 Å². The summed E-state index contributed by atoms with van der Waals surface area (Å²) in [6.45, 7) is 2.19. The molecule has 0 fully saturated rings. The molecule has 1 aromatic carbocycles. The van der Waals surface area contributed by atoms with E-state index in [1.807, 2.05) is 30.3 Å². The number of rotatable bonds is 5. The first kappa shape index (κ1) is 11.3. The Balaban J connectivity index is 2.02. The minimum atomic E-state index is 0.771. The predicted molar refractivity (Wildman–Crippen MR) is 67.6 cm³/mol. The Bertz CT molecular complexity index is 425. The van der Waals surface area contributed by atoms with Gasteiger partial charge in [-0.05, 0) is 6.42 Å². The average Bonchev–Trinajstić information content (AvgIpc) is 2.79. The molecule has 1 aromatic heterocycles. The fraction of sp³-hybridized carbons (Fsp3) is 0.308. The molecule has 84 valence electrons. The first-order chi connectivity index (χ1) is 7.90. The molecule has 0 aliphatic heterocycles. The van der Waals surface area contributed by atoms with Gasteiger partial charge in [-0.1, -0.05) is 55.4 Å². The highest BCUT2D eigenvalue weighted by molar-refractivity contribution is 7.99. The maximum atomic E-state index is 5.67. The Morgan fingerprint density at radius 3 is 2.81 bits per heavy atom. The van der Waals surface area contributed by atoms with E-state index in [1.165, 1.54) is 12.8 Å². The molecule has 0 aliphatic carbocycles. The molecular weight excluding hydrogens is 218 g/mol. The second kappa shape index (κ2) is 5.75. The van der Waals surface area contributed by atoms with Gasteiger partial charge in [-0.25, -0.2) is 4.98 Å². The number of hydrogen-bond acceptors (Lipinski definition) is 3. The molecule has 0 bridgehead atoms. The quantitative estimate of drug-likeness (QED) is 0.571. The summed E-state index contributed by atoms with van der Waals surface area (Å²) in [5.41, 5.74) is 1.08. The second-order valence-corrected chi connectivity index (χ2v) is 4.60. The van der Waals surface area contributed by atoms with Crippen LogP contribution in [0, 0.1) is 0 Å². The Hall–Kier alpha value is -1.22. The van der Waals surface area contributed by atoms with Gasteiger partial charge in [0.15, 0.2) is 5.76 Å². The minimum absolute atomic E-state index is 0.771. The molecule has 2 rings (SSSR count). The number of unbranched alkanes of at least 4 members (excludes halogenated alkanes) is 1. The van der Waals surface area contributed by atoms with E-state index in [9.17, 15) is 0 Å². The smallest absolute Gasteiger partial charge is 0.256 e. The van der Waals surface area contributed by atoms with E-state index >= 15 is 0 Å². The lowest BCUT2D eigenvalue weighted by atomic mass is 10.2. The molecule has 0 unspecified atom stereocenters. The van der Waals surface area contributed by atoms with Crippen molar-refractivity contribution in [2.45, 2.75) is 25.0 Å². The predicted octanol–water partition coefficient (Wildman–Crippen LogP) is 4.23. The fourth-order valence-corrected chi connectivity index (χ4v) is 2.25. The Morgan fingerprint density at radius 1 is 1.25 bits per heavy atom. The van der Waals surface area contributed by atoms with E-state index in [-0.39, 0.29) is 0 Å². The highest BCUT2D eigenvalue weighted by Gasteiger charge is 2.05. The fourth-order valence-electron chi connectivity index (χ4n) is 1.36. The van der Waals surface area contributed by atoms with Gasteiger partial charge in [0.2, 0.25) is 0 Å². The van der Waals surface area contributed by atoms with Crippen molar-refractivity contribution in [2.75, 3.05) is 5.75 Å². The maximum Gasteiger partial charge on any atom is 0.256 e. The largest absolute Gasteiger partial charge is 0.431 e. The van der Waals surface area contributed by atoms with E-state index in [1.54, 1.807) is 18.0 Å². The maximum absolute atomic E-state index is 5.67. The first-order valence-electron chi connectivity index (χ1n) is 5.54. The van der Waals surface area contributed by atoms with Gasteiger partial charge < -0.3 is 4.42 Å². The molecule has 1 heterocycles. The van der Waals surface area contributed by atoms with Crippen LogP contribution in [-0.2, 0) is 0 Å². The normalized spacial score (nSPS) is 10.6. The Kier molecular flexibility index (Phi) is 4.05. The third kappa shape index (κ3) is 2.89. The zero-order chi connectivity index (χ0) is 11.2. The average molecular weight is 233 g/mol. The molecule has 2 aromatic rings. The van der Waals surface area contributed by atoms with Gasteiger partial charge in [0.05, 0.1) is 6.20 Å². The van der Waals surface area contributed by atoms with Crippen LogP contribution in [0.2, 0.25) is 0 Å². The zero-order valence-corrected chi connectivity index (χ0v) is 10.2. The number of thioether (sulfide) groups is 1. The van der Waals surface area contributed by atoms with Crippen molar-refractivity contribution in [3.05, 3.63) is 36.5 Å². The van der Waals surface area contributed by atoms with E-state index in [2.05, 4.69) is 11.9 Å². The van der Waals surface area contributed by atoms with Crippen LogP contribution in [0.15, 0.2) is 46.2 Å². The highest BCUT2D eigenvalue weighted by atomic mass is 32.2. The van der Waals surface area contributed by atoms with Gasteiger partial charge in [0.25, 0.3) is 5.22 Å². The van der Waals surface area contributed by atoms with Gasteiger partial charge in [-0.2, -0.15) is 0 Å². The second-order valence-electron chi connectivity index (χ2n) is 3.56. The number of aromatic nitrogens is 1. The molecule has 2 nitrogen and oxygen atoms in total. The van der Waals surface area contributed by atoms with Gasteiger partial charge in [0.1, 0.15) is 0 Å². The minimum Gasteiger partial charge on any atom is -0.431 e. The van der Waals surface area contributed by atoms with Crippen molar-refractivity contribution < 1.29 is 4.42 Å².